The lowest BCUT2D eigenvalue weighted by Gasteiger charge is -2.36. The number of aryl methyl sites for hydroxylation is 1. The van der Waals surface area contributed by atoms with Crippen LogP contribution in [0.25, 0.3) is 27.0 Å². The van der Waals surface area contributed by atoms with Crippen LogP contribution in [-0.2, 0) is 19.8 Å². The SMILES string of the molecule is Cc1ncsc1-c1ccc([C@H](CCCCCN2CCC(c3ccc4c(c3)C3(CCCCC3)c3nc(=O)c5c(Br)cccc5n3-4)CC2)NC(=O)[C@@H]2C[C@@H](O)CN2C(=O)[C@@H](NC(=O)C2(F)CC2)C(C)(C)C)cc1. The summed E-state index contributed by atoms with van der Waals surface area (Å²) in [6.07, 6.45) is 10.6. The third-order valence-electron chi connectivity index (χ3n) is 16.3. The molecule has 0 unspecified atom stereocenters. The molecular formula is C56H67BrFN7O5S. The number of β-amino-alcohol motifs (C(OH)–C–C–N with tert-alkyl or cyclic N) is 1. The Balaban J connectivity index is 0.780. The minimum atomic E-state index is -1.96. The van der Waals surface area contributed by atoms with Gasteiger partial charge in [0, 0.05) is 17.4 Å². The van der Waals surface area contributed by atoms with Crippen molar-refractivity contribution >= 4 is 55.9 Å². The molecule has 5 heterocycles. The molecular weight excluding hydrogens is 982 g/mol. The van der Waals surface area contributed by atoms with E-state index in [0.717, 1.165) is 121 Å². The summed E-state index contributed by atoms with van der Waals surface area (Å²) in [4.78, 5) is 69.3. The van der Waals surface area contributed by atoms with Gasteiger partial charge < -0.3 is 25.5 Å². The second-order valence-corrected chi connectivity index (χ2v) is 23.9. The maximum Gasteiger partial charge on any atom is 0.281 e. The summed E-state index contributed by atoms with van der Waals surface area (Å²) in [5.41, 5.74) is 6.50. The Kier molecular flexibility index (Phi) is 13.9. The molecule has 0 bridgehead atoms. The minimum absolute atomic E-state index is 0.0507. The number of nitrogens with one attached hydrogen (secondary N) is 2. The average Bonchev–Trinajstić information content (AvgIpc) is 3.64. The molecule has 5 aliphatic rings. The lowest BCUT2D eigenvalue weighted by Crippen LogP contribution is -2.59. The van der Waals surface area contributed by atoms with Crippen LogP contribution >= 0.6 is 27.3 Å². The molecule has 2 aliphatic carbocycles. The molecule has 12 nitrogen and oxygen atoms in total. The average molecular weight is 1050 g/mol. The van der Waals surface area contributed by atoms with Gasteiger partial charge in [-0.05, 0) is 146 Å². The van der Waals surface area contributed by atoms with Crippen molar-refractivity contribution in [2.75, 3.05) is 26.2 Å². The first-order valence-corrected chi connectivity index (χ1v) is 27.6. The number of alkyl halides is 1. The van der Waals surface area contributed by atoms with Gasteiger partial charge in [-0.15, -0.1) is 11.3 Å². The van der Waals surface area contributed by atoms with Crippen LogP contribution in [-0.4, -0.2) is 97.2 Å². The highest BCUT2D eigenvalue weighted by atomic mass is 79.9. The number of fused-ring (bicyclic) bond motifs is 7. The van der Waals surface area contributed by atoms with Crippen LogP contribution in [0.4, 0.5) is 4.39 Å². The molecule has 3 aromatic carbocycles. The molecule has 3 aliphatic heterocycles. The van der Waals surface area contributed by atoms with Crippen LogP contribution in [0.3, 0.4) is 0 Å². The Hall–Kier alpha value is -4.83. The molecule has 3 amide bonds. The van der Waals surface area contributed by atoms with Gasteiger partial charge in [0.25, 0.3) is 11.5 Å². The number of hydrogen-bond donors (Lipinski definition) is 3. The molecule has 10 rings (SSSR count). The predicted molar refractivity (Wildman–Crippen MR) is 280 cm³/mol. The van der Waals surface area contributed by atoms with Gasteiger partial charge >= 0.3 is 0 Å². The molecule has 2 saturated carbocycles. The highest BCUT2D eigenvalue weighted by Gasteiger charge is 2.54. The number of thiazole rings is 1. The first-order chi connectivity index (χ1) is 34.0. The third kappa shape index (κ3) is 9.77. The van der Waals surface area contributed by atoms with Crippen LogP contribution in [0.5, 0.6) is 0 Å². The number of piperidine rings is 1. The van der Waals surface area contributed by atoms with Gasteiger partial charge in [-0.25, -0.2) is 9.37 Å². The number of aliphatic hydroxyl groups is 1. The van der Waals surface area contributed by atoms with Crippen molar-refractivity contribution in [3.8, 4) is 16.1 Å². The predicted octanol–water partition coefficient (Wildman–Crippen LogP) is 9.74. The summed E-state index contributed by atoms with van der Waals surface area (Å²) in [6.45, 7) is 10.4. The molecule has 4 atom stereocenters. The van der Waals surface area contributed by atoms with Gasteiger partial charge in [0.2, 0.25) is 11.8 Å². The standard InChI is InChI=1S/C56H67BrFN7O5S/c1-34-47(71-33-59-34)37-17-15-36(16-18-37)42(60-49(67)45-31-39(66)32-64(45)51(69)48(54(2,3)4)61-53(70)56(58)25-26-56)13-7-5-10-27-63-28-21-35(22-29-63)38-19-20-43-40(30-38)55(23-8-6-9-24-55)52-62-50(68)46-41(57)12-11-14-44(46)65(43)52/h11-12,14-20,30,33,35,39,42,45,48,66H,5-10,13,21-29,31-32H2,1-4H3,(H,60,67)(H,61,70)/t39-,42+,45+,48-/m1/s1. The number of halogens is 2. The van der Waals surface area contributed by atoms with Crippen molar-refractivity contribution in [1.82, 2.24) is 35.0 Å². The summed E-state index contributed by atoms with van der Waals surface area (Å²) in [5.74, 6) is -0.281. The molecule has 2 aromatic heterocycles. The molecule has 5 aromatic rings. The maximum absolute atomic E-state index is 14.8. The summed E-state index contributed by atoms with van der Waals surface area (Å²) < 4.78 is 17.9. The number of carbonyl (C=O) groups excluding carboxylic acids is 3. The third-order valence-corrected chi connectivity index (χ3v) is 17.9. The number of amides is 3. The molecule has 3 N–H and O–H groups in total. The van der Waals surface area contributed by atoms with E-state index in [9.17, 15) is 28.7 Å². The van der Waals surface area contributed by atoms with Gasteiger partial charge in [-0.3, -0.25) is 23.7 Å². The summed E-state index contributed by atoms with van der Waals surface area (Å²) in [6, 6.07) is 18.9. The number of rotatable bonds is 14. The monoisotopic (exact) mass is 1050 g/mol. The Labute approximate surface area is 428 Å². The van der Waals surface area contributed by atoms with E-state index >= 15 is 0 Å². The number of likely N-dealkylation sites (tertiary alicyclic amines) is 2. The second kappa shape index (κ2) is 19.9. The highest BCUT2D eigenvalue weighted by molar-refractivity contribution is 9.10. The Bertz CT molecular complexity index is 2880. The fourth-order valence-corrected chi connectivity index (χ4v) is 13.4. The van der Waals surface area contributed by atoms with E-state index in [1.165, 1.54) is 22.4 Å². The first-order valence-electron chi connectivity index (χ1n) is 25.9. The Morgan fingerprint density at radius 3 is 2.39 bits per heavy atom. The quantitative estimate of drug-likeness (QED) is 0.0932. The lowest BCUT2D eigenvalue weighted by atomic mass is 9.69. The van der Waals surface area contributed by atoms with E-state index in [2.05, 4.69) is 89.5 Å². The van der Waals surface area contributed by atoms with E-state index in [1.807, 2.05) is 24.6 Å². The van der Waals surface area contributed by atoms with Crippen molar-refractivity contribution in [3.63, 3.8) is 0 Å². The minimum Gasteiger partial charge on any atom is -0.391 e. The van der Waals surface area contributed by atoms with Gasteiger partial charge in [0.1, 0.15) is 17.9 Å². The van der Waals surface area contributed by atoms with Gasteiger partial charge in [-0.1, -0.05) is 95.3 Å². The molecule has 15 heteroatoms. The van der Waals surface area contributed by atoms with E-state index in [1.54, 1.807) is 32.1 Å². The molecule has 0 radical (unpaired) electrons. The van der Waals surface area contributed by atoms with E-state index in [-0.39, 0.29) is 48.7 Å². The zero-order valence-electron chi connectivity index (χ0n) is 41.4. The molecule has 71 heavy (non-hydrogen) atoms. The van der Waals surface area contributed by atoms with Crippen molar-refractivity contribution in [1.29, 1.82) is 0 Å². The van der Waals surface area contributed by atoms with Crippen molar-refractivity contribution < 1.29 is 23.9 Å². The number of benzene rings is 3. The fourth-order valence-electron chi connectivity index (χ4n) is 12.1. The Morgan fingerprint density at radius 1 is 0.958 bits per heavy atom. The van der Waals surface area contributed by atoms with Crippen molar-refractivity contribution in [2.45, 2.75) is 159 Å². The lowest BCUT2D eigenvalue weighted by molar-refractivity contribution is -0.145. The fraction of sp³-hybridized carbons (Fsp3) is 0.536. The largest absolute Gasteiger partial charge is 0.391 e. The molecule has 376 valence electrons. The van der Waals surface area contributed by atoms with Crippen molar-refractivity contribution in [3.05, 3.63) is 109 Å². The number of hydrogen-bond acceptors (Lipinski definition) is 9. The van der Waals surface area contributed by atoms with Crippen LogP contribution in [0.1, 0.15) is 151 Å². The van der Waals surface area contributed by atoms with E-state index in [0.29, 0.717) is 17.7 Å². The van der Waals surface area contributed by atoms with Crippen LogP contribution in [0, 0.1) is 12.3 Å². The maximum atomic E-state index is 14.8. The highest BCUT2D eigenvalue weighted by Crippen LogP contribution is 2.52. The smallest absolute Gasteiger partial charge is 0.281 e. The van der Waals surface area contributed by atoms with Crippen LogP contribution in [0.2, 0.25) is 0 Å². The van der Waals surface area contributed by atoms with Crippen LogP contribution in [0.15, 0.2) is 75.4 Å². The zero-order valence-corrected chi connectivity index (χ0v) is 43.8. The zero-order chi connectivity index (χ0) is 49.8. The molecule has 4 fully saturated rings. The van der Waals surface area contributed by atoms with Crippen molar-refractivity contribution in [2.24, 2.45) is 5.41 Å². The van der Waals surface area contributed by atoms with E-state index < -0.39 is 41.1 Å². The first kappa shape index (κ1) is 49.7. The number of aromatic nitrogens is 3. The number of aliphatic hydroxyl groups excluding tert-OH is 1. The van der Waals surface area contributed by atoms with Gasteiger partial charge in [-0.2, -0.15) is 4.98 Å². The second-order valence-electron chi connectivity index (χ2n) is 22.2. The Morgan fingerprint density at radius 2 is 1.70 bits per heavy atom. The summed E-state index contributed by atoms with van der Waals surface area (Å²) in [5, 5.41) is 17.4. The van der Waals surface area contributed by atoms with Gasteiger partial charge in [0.05, 0.1) is 50.2 Å². The topological polar surface area (TPSA) is 150 Å². The number of nitrogens with zero attached hydrogens (tertiary/aromatic N) is 5. The number of carbonyl (C=O) groups is 3. The van der Waals surface area contributed by atoms with Gasteiger partial charge in [0.15, 0.2) is 5.67 Å². The van der Waals surface area contributed by atoms with E-state index in [4.69, 9.17) is 4.98 Å². The molecule has 2 saturated heterocycles. The van der Waals surface area contributed by atoms with Crippen LogP contribution < -0.4 is 16.2 Å². The normalized spacial score (nSPS) is 21.5. The number of unbranched alkanes of at least 4 members (excludes halogenated alkanes) is 2. The molecule has 1 spiro atoms. The summed E-state index contributed by atoms with van der Waals surface area (Å²) >= 11 is 5.23. The summed E-state index contributed by atoms with van der Waals surface area (Å²) in [7, 11) is 0.